The Morgan fingerprint density at radius 2 is 1.75 bits per heavy atom. The van der Waals surface area contributed by atoms with Crippen molar-refractivity contribution < 1.29 is 8.42 Å². The average molecular weight is 396 g/mol. The molecule has 0 bridgehead atoms. The number of pyridine rings is 1. The smallest absolute Gasteiger partial charge is 0.232 e. The molecule has 0 amide bonds. The fraction of sp³-hybridized carbons (Fsp3) is 0.318. The molecule has 1 heterocycles. The van der Waals surface area contributed by atoms with Gasteiger partial charge in [0.2, 0.25) is 10.0 Å². The van der Waals surface area contributed by atoms with Gasteiger partial charge in [0.25, 0.3) is 0 Å². The van der Waals surface area contributed by atoms with E-state index in [4.69, 9.17) is 0 Å². The largest absolute Gasteiger partial charge is 0.292 e. The van der Waals surface area contributed by atoms with E-state index in [0.29, 0.717) is 0 Å². The van der Waals surface area contributed by atoms with Gasteiger partial charge in [0, 0.05) is 23.8 Å². The number of benzene rings is 2. The van der Waals surface area contributed by atoms with E-state index in [0.717, 1.165) is 47.7 Å². The van der Waals surface area contributed by atoms with Crippen LogP contribution in [0.1, 0.15) is 37.7 Å². The number of nitrogens with zero attached hydrogens (tertiary/aromatic N) is 2. The van der Waals surface area contributed by atoms with E-state index < -0.39 is 10.0 Å². The maximum Gasteiger partial charge on any atom is 0.232 e. The van der Waals surface area contributed by atoms with Crippen molar-refractivity contribution in [2.75, 3.05) is 5.01 Å². The fourth-order valence-electron chi connectivity index (χ4n) is 3.87. The molecular formula is C22H25N3O2S. The van der Waals surface area contributed by atoms with Gasteiger partial charge in [-0.05, 0) is 42.0 Å². The number of aromatic nitrogens is 1. The van der Waals surface area contributed by atoms with E-state index in [1.807, 2.05) is 65.8 Å². The highest BCUT2D eigenvalue weighted by Gasteiger charge is 2.26. The lowest BCUT2D eigenvalue weighted by Crippen LogP contribution is -2.49. The molecule has 1 fully saturated rings. The van der Waals surface area contributed by atoms with Crippen molar-refractivity contribution in [3.05, 3.63) is 72.6 Å². The topological polar surface area (TPSA) is 62.3 Å². The molecule has 6 heteroatoms. The molecule has 0 atom stereocenters. The number of hydrazine groups is 1. The Kier molecular flexibility index (Phi) is 5.59. The fourth-order valence-corrected chi connectivity index (χ4v) is 5.12. The Morgan fingerprint density at radius 1 is 0.964 bits per heavy atom. The number of hydrogen-bond donors (Lipinski definition) is 1. The normalized spacial score (nSPS) is 15.6. The van der Waals surface area contributed by atoms with Gasteiger partial charge in [0.15, 0.2) is 0 Å². The van der Waals surface area contributed by atoms with E-state index in [1.165, 1.54) is 6.42 Å². The Labute approximate surface area is 166 Å². The van der Waals surface area contributed by atoms with Crippen LogP contribution in [0.3, 0.4) is 0 Å². The van der Waals surface area contributed by atoms with Gasteiger partial charge in [-0.1, -0.05) is 55.7 Å². The third kappa shape index (κ3) is 4.51. The zero-order chi connectivity index (χ0) is 19.4. The second-order valence-electron chi connectivity index (χ2n) is 7.40. The number of anilines is 1. The predicted octanol–water partition coefficient (Wildman–Crippen LogP) is 4.41. The van der Waals surface area contributed by atoms with E-state index in [2.05, 4.69) is 9.82 Å². The Balaban J connectivity index is 1.64. The van der Waals surface area contributed by atoms with Crippen LogP contribution in [-0.4, -0.2) is 19.4 Å². The second-order valence-corrected chi connectivity index (χ2v) is 9.11. The van der Waals surface area contributed by atoms with E-state index in [-0.39, 0.29) is 11.8 Å². The standard InChI is InChI=1S/C22H25N3O2S/c26-28(27,17-18-7-3-1-4-8-18)24-25(21-9-5-2-6-10-21)22-12-11-20-16-23-14-13-19(20)15-22/h1,3-4,7-8,11-16,21,24H,2,5-6,9-10,17H2. The molecule has 0 radical (unpaired) electrons. The van der Waals surface area contributed by atoms with Crippen LogP contribution in [-0.2, 0) is 15.8 Å². The van der Waals surface area contributed by atoms with Gasteiger partial charge < -0.3 is 0 Å². The minimum Gasteiger partial charge on any atom is -0.292 e. The Morgan fingerprint density at radius 3 is 2.54 bits per heavy atom. The first-order valence-corrected chi connectivity index (χ1v) is 11.4. The highest BCUT2D eigenvalue weighted by Crippen LogP contribution is 2.28. The van der Waals surface area contributed by atoms with Crippen LogP contribution in [0.25, 0.3) is 10.8 Å². The van der Waals surface area contributed by atoms with Crippen molar-refractivity contribution in [3.8, 4) is 0 Å². The van der Waals surface area contributed by atoms with Crippen molar-refractivity contribution in [2.24, 2.45) is 0 Å². The van der Waals surface area contributed by atoms with E-state index >= 15 is 0 Å². The summed E-state index contributed by atoms with van der Waals surface area (Å²) in [4.78, 5) is 7.04. The first-order chi connectivity index (χ1) is 13.6. The lowest BCUT2D eigenvalue weighted by atomic mass is 9.94. The third-order valence-electron chi connectivity index (χ3n) is 5.28. The van der Waals surface area contributed by atoms with Crippen LogP contribution >= 0.6 is 0 Å². The number of sulfonamides is 1. The molecule has 1 aliphatic carbocycles. The van der Waals surface area contributed by atoms with Crippen LogP contribution in [0.2, 0.25) is 0 Å². The predicted molar refractivity (Wildman–Crippen MR) is 113 cm³/mol. The van der Waals surface area contributed by atoms with Gasteiger partial charge in [-0.25, -0.2) is 8.42 Å². The van der Waals surface area contributed by atoms with E-state index in [1.54, 1.807) is 6.20 Å². The summed E-state index contributed by atoms with van der Waals surface area (Å²) in [5.41, 5.74) is 1.66. The van der Waals surface area contributed by atoms with Gasteiger partial charge in [-0.3, -0.25) is 9.99 Å². The van der Waals surface area contributed by atoms with Gasteiger partial charge in [-0.15, -0.1) is 4.83 Å². The molecular weight excluding hydrogens is 370 g/mol. The third-order valence-corrected chi connectivity index (χ3v) is 6.47. The first kappa shape index (κ1) is 18.9. The number of rotatable bonds is 6. The Bertz CT molecular complexity index is 1030. The molecule has 28 heavy (non-hydrogen) atoms. The van der Waals surface area contributed by atoms with Crippen LogP contribution in [0.4, 0.5) is 5.69 Å². The summed E-state index contributed by atoms with van der Waals surface area (Å²) in [6.07, 6.45) is 9.02. The number of nitrogens with one attached hydrogen (secondary N) is 1. The van der Waals surface area contributed by atoms with Crippen LogP contribution in [0.15, 0.2) is 67.0 Å². The van der Waals surface area contributed by atoms with Crippen molar-refractivity contribution >= 4 is 26.5 Å². The highest BCUT2D eigenvalue weighted by molar-refractivity contribution is 7.88. The molecule has 1 aromatic heterocycles. The van der Waals surface area contributed by atoms with Gasteiger partial charge in [0.1, 0.15) is 0 Å². The van der Waals surface area contributed by atoms with Crippen LogP contribution in [0.5, 0.6) is 0 Å². The summed E-state index contributed by atoms with van der Waals surface area (Å²) in [6, 6.07) is 17.4. The van der Waals surface area contributed by atoms with Crippen molar-refractivity contribution in [1.82, 2.24) is 9.82 Å². The maximum atomic E-state index is 12.9. The molecule has 0 spiro atoms. The average Bonchev–Trinajstić information content (AvgIpc) is 2.73. The minimum absolute atomic E-state index is 0.0332. The lowest BCUT2D eigenvalue weighted by molar-refractivity contribution is 0.405. The monoisotopic (exact) mass is 395 g/mol. The molecule has 5 nitrogen and oxygen atoms in total. The first-order valence-electron chi connectivity index (χ1n) is 9.78. The number of fused-ring (bicyclic) bond motifs is 1. The summed E-state index contributed by atoms with van der Waals surface area (Å²) < 4.78 is 25.9. The molecule has 0 unspecified atom stereocenters. The molecule has 1 saturated carbocycles. The molecule has 3 aromatic rings. The molecule has 0 saturated heterocycles. The molecule has 2 aromatic carbocycles. The minimum atomic E-state index is -3.52. The van der Waals surface area contributed by atoms with Gasteiger partial charge in [0.05, 0.1) is 11.4 Å². The van der Waals surface area contributed by atoms with Gasteiger partial charge in [-0.2, -0.15) is 0 Å². The SMILES string of the molecule is O=S(=O)(Cc1ccccc1)NN(c1ccc2cnccc2c1)C1CCCCC1. The zero-order valence-electron chi connectivity index (χ0n) is 15.8. The van der Waals surface area contributed by atoms with Gasteiger partial charge >= 0.3 is 0 Å². The maximum absolute atomic E-state index is 12.9. The summed E-state index contributed by atoms with van der Waals surface area (Å²) in [6.45, 7) is 0. The molecule has 146 valence electrons. The molecule has 4 rings (SSSR count). The summed E-state index contributed by atoms with van der Waals surface area (Å²) in [7, 11) is -3.52. The lowest BCUT2D eigenvalue weighted by Gasteiger charge is -2.36. The van der Waals surface area contributed by atoms with Crippen molar-refractivity contribution in [3.63, 3.8) is 0 Å². The van der Waals surface area contributed by atoms with E-state index in [9.17, 15) is 8.42 Å². The summed E-state index contributed by atoms with van der Waals surface area (Å²) in [5, 5.41) is 3.97. The zero-order valence-corrected chi connectivity index (χ0v) is 16.6. The van der Waals surface area contributed by atoms with Crippen molar-refractivity contribution in [2.45, 2.75) is 43.9 Å². The summed E-state index contributed by atoms with van der Waals surface area (Å²) in [5.74, 6) is -0.0332. The second kappa shape index (κ2) is 8.29. The Hall–Kier alpha value is -2.44. The van der Waals surface area contributed by atoms with Crippen LogP contribution < -0.4 is 9.84 Å². The quantitative estimate of drug-likeness (QED) is 0.628. The molecule has 0 aliphatic heterocycles. The molecule has 1 aliphatic rings. The van der Waals surface area contributed by atoms with Crippen LogP contribution in [0, 0.1) is 0 Å². The molecule has 1 N–H and O–H groups in total. The summed E-state index contributed by atoms with van der Waals surface area (Å²) >= 11 is 0. The van der Waals surface area contributed by atoms with Crippen molar-refractivity contribution in [1.29, 1.82) is 0 Å². The highest BCUT2D eigenvalue weighted by atomic mass is 32.2. The number of hydrogen-bond acceptors (Lipinski definition) is 4.